The fourth-order valence-electron chi connectivity index (χ4n) is 8.01. The van der Waals surface area contributed by atoms with E-state index in [-0.39, 0.29) is 5.54 Å². The maximum absolute atomic E-state index is 2.85. The van der Waals surface area contributed by atoms with Gasteiger partial charge in [0, 0.05) is 67.5 Å². The van der Waals surface area contributed by atoms with Crippen LogP contribution in [0.15, 0.2) is 0 Å². The summed E-state index contributed by atoms with van der Waals surface area (Å²) < 4.78 is 0. The summed E-state index contributed by atoms with van der Waals surface area (Å²) in [4.78, 5) is 13.9. The predicted molar refractivity (Wildman–Crippen MR) is 164 cm³/mol. The van der Waals surface area contributed by atoms with Crippen LogP contribution in [0.25, 0.3) is 0 Å². The smallest absolute Gasteiger partial charge is 0.0236 e. The topological polar surface area (TPSA) is 16.2 Å². The zero-order valence-electron chi connectivity index (χ0n) is 27.3. The summed E-state index contributed by atoms with van der Waals surface area (Å²) in [5.41, 5.74) is 1.84. The van der Waals surface area contributed by atoms with Crippen LogP contribution in [0.4, 0.5) is 0 Å². The SMILES string of the molecule is CC(C)(C)N1CCN(C2CCN(C(C)(C)CCC(C)(C)N3CCC4(CCN(C(C)(C)C)CC4)CC3)C2)CC1. The third kappa shape index (κ3) is 7.16. The molecule has 0 aromatic carbocycles. The number of rotatable bonds is 6. The van der Waals surface area contributed by atoms with Crippen molar-refractivity contribution in [3.05, 3.63) is 0 Å². The predicted octanol–water partition coefficient (Wildman–Crippen LogP) is 5.79. The molecule has 1 atom stereocenters. The van der Waals surface area contributed by atoms with Crippen molar-refractivity contribution in [1.82, 2.24) is 24.5 Å². The molecule has 5 heteroatoms. The Balaban J connectivity index is 1.22. The molecule has 5 nitrogen and oxygen atoms in total. The summed E-state index contributed by atoms with van der Waals surface area (Å²) in [6.45, 7) is 37.0. The summed E-state index contributed by atoms with van der Waals surface area (Å²) >= 11 is 0. The quantitative estimate of drug-likeness (QED) is 0.430. The highest BCUT2D eigenvalue weighted by atomic mass is 15.3. The van der Waals surface area contributed by atoms with Crippen LogP contribution in [0.1, 0.15) is 114 Å². The van der Waals surface area contributed by atoms with Crippen LogP contribution < -0.4 is 0 Å². The van der Waals surface area contributed by atoms with E-state index >= 15 is 0 Å². The lowest BCUT2D eigenvalue weighted by atomic mass is 9.70. The highest BCUT2D eigenvalue weighted by Gasteiger charge is 2.43. The Kier molecular flexibility index (Phi) is 9.09. The van der Waals surface area contributed by atoms with Gasteiger partial charge in [0.15, 0.2) is 0 Å². The molecule has 38 heavy (non-hydrogen) atoms. The van der Waals surface area contributed by atoms with Crippen LogP contribution in [0.5, 0.6) is 0 Å². The number of hydrogen-bond acceptors (Lipinski definition) is 5. The molecule has 0 saturated carbocycles. The molecule has 0 aliphatic carbocycles. The van der Waals surface area contributed by atoms with Crippen molar-refractivity contribution >= 4 is 0 Å². The van der Waals surface area contributed by atoms with Gasteiger partial charge in [0.1, 0.15) is 0 Å². The minimum Gasteiger partial charge on any atom is -0.298 e. The minimum atomic E-state index is 0.288. The molecular weight excluding hydrogens is 466 g/mol. The second-order valence-corrected chi connectivity index (χ2v) is 16.9. The zero-order valence-corrected chi connectivity index (χ0v) is 27.3. The zero-order chi connectivity index (χ0) is 28.0. The van der Waals surface area contributed by atoms with Crippen LogP contribution in [0.2, 0.25) is 0 Å². The molecule has 4 saturated heterocycles. The second kappa shape index (κ2) is 11.2. The highest BCUT2D eigenvalue weighted by molar-refractivity contribution is 4.98. The Labute approximate surface area is 237 Å². The van der Waals surface area contributed by atoms with E-state index in [0.29, 0.717) is 22.0 Å². The fraction of sp³-hybridized carbons (Fsp3) is 1.00. The van der Waals surface area contributed by atoms with Crippen LogP contribution >= 0.6 is 0 Å². The lowest BCUT2D eigenvalue weighted by Gasteiger charge is -2.52. The van der Waals surface area contributed by atoms with Gasteiger partial charge in [-0.3, -0.25) is 24.5 Å². The first-order valence-corrected chi connectivity index (χ1v) is 16.3. The standard InChI is InChI=1S/C33H65N5/c1-29(2,3)35-19-14-33(15-20-35)16-21-37(22-17-33)31(7,8)12-13-32(9,10)38-18-11-28(27-38)34-23-25-36(26-24-34)30(4,5)6/h28H,11-27H2,1-10H3. The molecule has 0 bridgehead atoms. The summed E-state index contributed by atoms with van der Waals surface area (Å²) in [6, 6.07) is 0.757. The molecule has 1 spiro atoms. The van der Waals surface area contributed by atoms with Gasteiger partial charge in [-0.2, -0.15) is 0 Å². The number of nitrogens with zero attached hydrogens (tertiary/aromatic N) is 5. The lowest BCUT2D eigenvalue weighted by molar-refractivity contribution is -0.0249. The van der Waals surface area contributed by atoms with E-state index in [2.05, 4.69) is 93.7 Å². The third-order valence-electron chi connectivity index (χ3n) is 11.6. The van der Waals surface area contributed by atoms with Crippen molar-refractivity contribution in [2.75, 3.05) is 65.4 Å². The van der Waals surface area contributed by atoms with E-state index in [0.717, 1.165) is 6.04 Å². The first-order chi connectivity index (χ1) is 17.5. The first kappa shape index (κ1) is 30.8. The van der Waals surface area contributed by atoms with E-state index in [9.17, 15) is 0 Å². The van der Waals surface area contributed by atoms with E-state index < -0.39 is 0 Å². The maximum atomic E-state index is 2.85. The van der Waals surface area contributed by atoms with Crippen molar-refractivity contribution in [3.63, 3.8) is 0 Å². The Bertz CT molecular complexity index is 735. The van der Waals surface area contributed by atoms with Crippen LogP contribution in [0.3, 0.4) is 0 Å². The van der Waals surface area contributed by atoms with Gasteiger partial charge in [-0.25, -0.2) is 0 Å². The fourth-order valence-corrected chi connectivity index (χ4v) is 8.01. The molecule has 1 unspecified atom stereocenters. The Morgan fingerprint density at radius 1 is 0.500 bits per heavy atom. The average Bonchev–Trinajstić information content (AvgIpc) is 3.34. The molecule has 4 heterocycles. The maximum Gasteiger partial charge on any atom is 0.0236 e. The van der Waals surface area contributed by atoms with Crippen molar-refractivity contribution in [3.8, 4) is 0 Å². The van der Waals surface area contributed by atoms with Gasteiger partial charge in [0.05, 0.1) is 0 Å². The van der Waals surface area contributed by atoms with Gasteiger partial charge in [-0.1, -0.05) is 0 Å². The average molecular weight is 532 g/mol. The molecule has 222 valence electrons. The molecule has 4 aliphatic heterocycles. The number of likely N-dealkylation sites (tertiary alicyclic amines) is 3. The van der Waals surface area contributed by atoms with Crippen molar-refractivity contribution in [2.45, 2.75) is 142 Å². The van der Waals surface area contributed by atoms with E-state index in [4.69, 9.17) is 0 Å². The largest absolute Gasteiger partial charge is 0.298 e. The molecule has 4 rings (SSSR count). The normalized spacial score (nSPS) is 28.4. The third-order valence-corrected chi connectivity index (χ3v) is 11.6. The van der Waals surface area contributed by atoms with Crippen LogP contribution in [-0.2, 0) is 0 Å². The van der Waals surface area contributed by atoms with Crippen LogP contribution in [-0.4, -0.2) is 118 Å². The summed E-state index contributed by atoms with van der Waals surface area (Å²) in [5.74, 6) is 0. The van der Waals surface area contributed by atoms with Gasteiger partial charge in [-0.05, 0) is 146 Å². The van der Waals surface area contributed by atoms with Gasteiger partial charge < -0.3 is 0 Å². The summed E-state index contributed by atoms with van der Waals surface area (Å²) in [6.07, 6.45) is 9.59. The monoisotopic (exact) mass is 532 g/mol. The van der Waals surface area contributed by atoms with Crippen molar-refractivity contribution in [2.24, 2.45) is 5.41 Å². The molecule has 0 amide bonds. The molecule has 0 aromatic rings. The van der Waals surface area contributed by atoms with Crippen molar-refractivity contribution in [1.29, 1.82) is 0 Å². The van der Waals surface area contributed by atoms with Crippen LogP contribution in [0, 0.1) is 5.41 Å². The Hall–Kier alpha value is -0.200. The number of hydrogen-bond donors (Lipinski definition) is 0. The molecule has 0 radical (unpaired) electrons. The summed E-state index contributed by atoms with van der Waals surface area (Å²) in [5, 5.41) is 0. The van der Waals surface area contributed by atoms with Gasteiger partial charge in [-0.15, -0.1) is 0 Å². The minimum absolute atomic E-state index is 0.288. The molecule has 0 N–H and O–H groups in total. The van der Waals surface area contributed by atoms with Gasteiger partial charge >= 0.3 is 0 Å². The van der Waals surface area contributed by atoms with Gasteiger partial charge in [0.25, 0.3) is 0 Å². The molecule has 0 aromatic heterocycles. The molecular formula is C33H65N5. The van der Waals surface area contributed by atoms with E-state index in [1.54, 1.807) is 0 Å². The van der Waals surface area contributed by atoms with E-state index in [1.807, 2.05) is 0 Å². The van der Waals surface area contributed by atoms with Gasteiger partial charge in [0.2, 0.25) is 0 Å². The Morgan fingerprint density at radius 3 is 1.39 bits per heavy atom. The number of piperidine rings is 2. The molecule has 4 fully saturated rings. The Morgan fingerprint density at radius 2 is 0.921 bits per heavy atom. The first-order valence-electron chi connectivity index (χ1n) is 16.3. The highest BCUT2D eigenvalue weighted by Crippen LogP contribution is 2.44. The number of piperazine rings is 1. The van der Waals surface area contributed by atoms with Crippen molar-refractivity contribution < 1.29 is 0 Å². The lowest BCUT2D eigenvalue weighted by Crippen LogP contribution is -2.56. The molecule has 4 aliphatic rings. The second-order valence-electron chi connectivity index (χ2n) is 16.9. The van der Waals surface area contributed by atoms with E-state index in [1.165, 1.54) is 110 Å². The summed E-state index contributed by atoms with van der Waals surface area (Å²) in [7, 11) is 0.